The zero-order valence-electron chi connectivity index (χ0n) is 11.1. The van der Waals surface area contributed by atoms with Gasteiger partial charge in [0.2, 0.25) is 0 Å². The average Bonchev–Trinajstić information content (AvgIpc) is 2.32. The van der Waals surface area contributed by atoms with Crippen LogP contribution in [0.5, 0.6) is 5.75 Å². The van der Waals surface area contributed by atoms with Crippen LogP contribution in [0.2, 0.25) is 0 Å². The van der Waals surface area contributed by atoms with Gasteiger partial charge in [0.1, 0.15) is 11.9 Å². The Bertz CT molecular complexity index is 347. The van der Waals surface area contributed by atoms with E-state index in [1.165, 1.54) is 0 Å². The molecule has 1 atom stereocenters. The van der Waals surface area contributed by atoms with E-state index in [1.807, 2.05) is 31.2 Å². The summed E-state index contributed by atoms with van der Waals surface area (Å²) in [6.07, 6.45) is 5.44. The number of benzene rings is 1. The van der Waals surface area contributed by atoms with E-state index in [2.05, 4.69) is 31.3 Å². The van der Waals surface area contributed by atoms with Crippen molar-refractivity contribution in [3.8, 4) is 5.75 Å². The molecule has 0 aliphatic heterocycles. The molecule has 1 rings (SSSR count). The predicted molar refractivity (Wildman–Crippen MR) is 74.4 cm³/mol. The Kier molecular flexibility index (Phi) is 6.41. The number of hydrogen-bond acceptors (Lipinski definition) is 2. The van der Waals surface area contributed by atoms with Crippen LogP contribution in [-0.2, 0) is 0 Å². The summed E-state index contributed by atoms with van der Waals surface area (Å²) in [5.74, 6) is 0.955. The monoisotopic (exact) mass is 233 g/mol. The number of hydrogen-bond donors (Lipinski definition) is 1. The highest BCUT2D eigenvalue weighted by atomic mass is 16.5. The van der Waals surface area contributed by atoms with E-state index in [1.54, 1.807) is 0 Å². The molecule has 0 aliphatic carbocycles. The van der Waals surface area contributed by atoms with E-state index in [4.69, 9.17) is 4.74 Å². The van der Waals surface area contributed by atoms with E-state index in [0.29, 0.717) is 0 Å². The van der Waals surface area contributed by atoms with Crippen LogP contribution >= 0.6 is 0 Å². The van der Waals surface area contributed by atoms with E-state index >= 15 is 0 Å². The third-order valence-electron chi connectivity index (χ3n) is 2.45. The van der Waals surface area contributed by atoms with Gasteiger partial charge in [-0.05, 0) is 32.9 Å². The first kappa shape index (κ1) is 13.8. The maximum Gasteiger partial charge on any atom is 0.126 e. The first-order valence-corrected chi connectivity index (χ1v) is 6.37. The molecule has 0 bridgehead atoms. The van der Waals surface area contributed by atoms with Crippen LogP contribution in [-0.4, -0.2) is 19.2 Å². The van der Waals surface area contributed by atoms with Crippen LogP contribution < -0.4 is 10.1 Å². The van der Waals surface area contributed by atoms with Crippen molar-refractivity contribution in [1.82, 2.24) is 5.32 Å². The van der Waals surface area contributed by atoms with E-state index in [-0.39, 0.29) is 6.10 Å². The van der Waals surface area contributed by atoms with Crippen molar-refractivity contribution in [1.29, 1.82) is 0 Å². The average molecular weight is 233 g/mol. The first-order valence-electron chi connectivity index (χ1n) is 6.37. The van der Waals surface area contributed by atoms with E-state index in [0.717, 1.165) is 30.8 Å². The van der Waals surface area contributed by atoms with Crippen LogP contribution in [0, 0.1) is 0 Å². The van der Waals surface area contributed by atoms with Crippen LogP contribution in [0.4, 0.5) is 0 Å². The normalized spacial score (nSPS) is 12.9. The molecule has 0 saturated carbocycles. The molecule has 0 saturated heterocycles. The topological polar surface area (TPSA) is 21.3 Å². The molecule has 0 aliphatic rings. The quantitative estimate of drug-likeness (QED) is 0.728. The summed E-state index contributed by atoms with van der Waals surface area (Å²) in [4.78, 5) is 0. The Morgan fingerprint density at radius 2 is 2.12 bits per heavy atom. The van der Waals surface area contributed by atoms with Gasteiger partial charge in [-0.25, -0.2) is 0 Å². The van der Waals surface area contributed by atoms with Crippen LogP contribution in [0.15, 0.2) is 30.3 Å². The minimum absolute atomic E-state index is 0.188. The Morgan fingerprint density at radius 3 is 2.82 bits per heavy atom. The van der Waals surface area contributed by atoms with Crippen LogP contribution in [0.1, 0.15) is 32.8 Å². The summed E-state index contributed by atoms with van der Waals surface area (Å²) >= 11 is 0. The largest absolute Gasteiger partial charge is 0.489 e. The fourth-order valence-corrected chi connectivity index (χ4v) is 1.65. The number of rotatable bonds is 7. The lowest BCUT2D eigenvalue weighted by atomic mass is 10.2. The number of nitrogens with one attached hydrogen (secondary N) is 1. The fraction of sp³-hybridized carbons (Fsp3) is 0.467. The molecule has 0 radical (unpaired) electrons. The van der Waals surface area contributed by atoms with Crippen LogP contribution in [0.25, 0.3) is 6.08 Å². The highest BCUT2D eigenvalue weighted by molar-refractivity contribution is 5.56. The molecule has 0 heterocycles. The SMILES string of the molecule is C/C=C/c1ccccc1OC(C)CNCCC. The molecule has 2 nitrogen and oxygen atoms in total. The Hall–Kier alpha value is -1.28. The molecule has 17 heavy (non-hydrogen) atoms. The highest BCUT2D eigenvalue weighted by Crippen LogP contribution is 2.20. The summed E-state index contributed by atoms with van der Waals surface area (Å²) < 4.78 is 5.93. The van der Waals surface area contributed by atoms with Gasteiger partial charge in [0.05, 0.1) is 0 Å². The summed E-state index contributed by atoms with van der Waals surface area (Å²) in [5, 5.41) is 3.36. The number of ether oxygens (including phenoxy) is 1. The zero-order chi connectivity index (χ0) is 12.5. The summed E-state index contributed by atoms with van der Waals surface area (Å²) in [6.45, 7) is 8.21. The lowest BCUT2D eigenvalue weighted by molar-refractivity contribution is 0.217. The molecule has 1 aromatic rings. The van der Waals surface area contributed by atoms with Crippen molar-refractivity contribution >= 4 is 6.08 Å². The molecule has 0 aromatic heterocycles. The molecule has 0 fully saturated rings. The maximum atomic E-state index is 5.93. The van der Waals surface area contributed by atoms with Gasteiger partial charge >= 0.3 is 0 Å². The second kappa shape index (κ2) is 7.91. The fourth-order valence-electron chi connectivity index (χ4n) is 1.65. The van der Waals surface area contributed by atoms with Gasteiger partial charge in [-0.3, -0.25) is 0 Å². The molecule has 1 N–H and O–H groups in total. The minimum Gasteiger partial charge on any atom is -0.489 e. The van der Waals surface area contributed by atoms with Gasteiger partial charge in [-0.1, -0.05) is 37.3 Å². The van der Waals surface area contributed by atoms with Crippen LogP contribution in [0.3, 0.4) is 0 Å². The van der Waals surface area contributed by atoms with Gasteiger partial charge in [0.15, 0.2) is 0 Å². The lowest BCUT2D eigenvalue weighted by Gasteiger charge is -2.16. The second-order valence-corrected chi connectivity index (χ2v) is 4.17. The van der Waals surface area contributed by atoms with Gasteiger partial charge in [0.25, 0.3) is 0 Å². The first-order chi connectivity index (χ1) is 8.27. The maximum absolute atomic E-state index is 5.93. The summed E-state index contributed by atoms with van der Waals surface area (Å²) in [5.41, 5.74) is 1.14. The van der Waals surface area contributed by atoms with Gasteiger partial charge < -0.3 is 10.1 Å². The molecular formula is C15H23NO. The van der Waals surface area contributed by atoms with Crippen molar-refractivity contribution in [2.75, 3.05) is 13.1 Å². The summed E-state index contributed by atoms with van der Waals surface area (Å²) in [6, 6.07) is 8.13. The Balaban J connectivity index is 2.55. The van der Waals surface area contributed by atoms with E-state index < -0.39 is 0 Å². The minimum atomic E-state index is 0.188. The van der Waals surface area contributed by atoms with Crippen molar-refractivity contribution in [2.24, 2.45) is 0 Å². The highest BCUT2D eigenvalue weighted by Gasteiger charge is 2.05. The molecule has 1 aromatic carbocycles. The number of para-hydroxylation sites is 1. The summed E-state index contributed by atoms with van der Waals surface area (Å²) in [7, 11) is 0. The van der Waals surface area contributed by atoms with Crippen molar-refractivity contribution < 1.29 is 4.74 Å². The molecule has 94 valence electrons. The molecule has 0 amide bonds. The third kappa shape index (κ3) is 5.05. The molecule has 1 unspecified atom stereocenters. The van der Waals surface area contributed by atoms with Crippen molar-refractivity contribution in [3.05, 3.63) is 35.9 Å². The number of allylic oxidation sites excluding steroid dienone is 1. The van der Waals surface area contributed by atoms with E-state index in [9.17, 15) is 0 Å². The second-order valence-electron chi connectivity index (χ2n) is 4.17. The van der Waals surface area contributed by atoms with Crippen molar-refractivity contribution in [3.63, 3.8) is 0 Å². The lowest BCUT2D eigenvalue weighted by Crippen LogP contribution is -2.29. The third-order valence-corrected chi connectivity index (χ3v) is 2.45. The van der Waals surface area contributed by atoms with Gasteiger partial charge in [-0.2, -0.15) is 0 Å². The Labute approximate surface area is 105 Å². The molecule has 0 spiro atoms. The molecule has 2 heteroatoms. The standard InChI is InChI=1S/C15H23NO/c1-4-8-14-9-6-7-10-15(14)17-13(3)12-16-11-5-2/h4,6-10,13,16H,5,11-12H2,1-3H3/b8-4+. The Morgan fingerprint density at radius 1 is 1.35 bits per heavy atom. The zero-order valence-corrected chi connectivity index (χ0v) is 11.1. The van der Waals surface area contributed by atoms with Crippen molar-refractivity contribution in [2.45, 2.75) is 33.3 Å². The predicted octanol–water partition coefficient (Wildman–Crippen LogP) is 3.49. The van der Waals surface area contributed by atoms with Gasteiger partial charge in [-0.15, -0.1) is 0 Å². The van der Waals surface area contributed by atoms with Gasteiger partial charge in [0, 0.05) is 12.1 Å². The molecular weight excluding hydrogens is 210 g/mol. The smallest absolute Gasteiger partial charge is 0.126 e.